The lowest BCUT2D eigenvalue weighted by molar-refractivity contribution is -0.135. The molecule has 0 atom stereocenters. The highest BCUT2D eigenvalue weighted by Gasteiger charge is 2.51. The molecule has 0 bridgehead atoms. The molecule has 1 aliphatic carbocycles. The van der Waals surface area contributed by atoms with Gasteiger partial charge in [-0.15, -0.1) is 0 Å². The topological polar surface area (TPSA) is 81.8 Å². The van der Waals surface area contributed by atoms with Crippen molar-refractivity contribution in [1.82, 2.24) is 20.4 Å². The largest absolute Gasteiger partial charge is 0.354 e. The first-order valence-electron chi connectivity index (χ1n) is 10.2. The summed E-state index contributed by atoms with van der Waals surface area (Å²) in [5.41, 5.74) is -0.748. The summed E-state index contributed by atoms with van der Waals surface area (Å²) in [6.45, 7) is 3.71. The summed E-state index contributed by atoms with van der Waals surface area (Å²) < 4.78 is 0. The zero-order chi connectivity index (χ0) is 18.4. The molecule has 2 heterocycles. The number of carbonyl (C=O) groups is 3. The second-order valence-electron chi connectivity index (χ2n) is 7.92. The average Bonchev–Trinajstić information content (AvgIpc) is 2.83. The van der Waals surface area contributed by atoms with Crippen molar-refractivity contribution in [2.75, 3.05) is 32.7 Å². The fraction of sp³-hybridized carbons (Fsp3) is 0.842. The minimum absolute atomic E-state index is 0.171. The van der Waals surface area contributed by atoms with Crippen LogP contribution in [0.3, 0.4) is 0 Å². The number of carbonyl (C=O) groups excluding carboxylic acids is 3. The van der Waals surface area contributed by atoms with Crippen LogP contribution in [0.15, 0.2) is 0 Å². The van der Waals surface area contributed by atoms with E-state index in [1.54, 1.807) is 0 Å². The van der Waals surface area contributed by atoms with Gasteiger partial charge in [0.2, 0.25) is 5.91 Å². The Balaban J connectivity index is 1.39. The number of likely N-dealkylation sites (tertiary alicyclic amines) is 1. The van der Waals surface area contributed by atoms with E-state index in [0.29, 0.717) is 19.4 Å². The summed E-state index contributed by atoms with van der Waals surface area (Å²) in [5.74, 6) is -0.473. The third-order valence-electron chi connectivity index (χ3n) is 5.93. The molecule has 2 aliphatic heterocycles. The van der Waals surface area contributed by atoms with E-state index >= 15 is 0 Å². The quantitative estimate of drug-likeness (QED) is 0.554. The number of amides is 4. The molecule has 4 amide bonds. The van der Waals surface area contributed by atoms with Crippen LogP contribution in [-0.4, -0.2) is 65.9 Å². The number of imide groups is 1. The molecule has 26 heavy (non-hydrogen) atoms. The van der Waals surface area contributed by atoms with Gasteiger partial charge in [-0.3, -0.25) is 14.5 Å². The minimum atomic E-state index is -0.748. The fourth-order valence-electron chi connectivity index (χ4n) is 4.40. The summed E-state index contributed by atoms with van der Waals surface area (Å²) in [4.78, 5) is 40.5. The highest BCUT2D eigenvalue weighted by molar-refractivity contribution is 6.09. The van der Waals surface area contributed by atoms with Crippen LogP contribution in [-0.2, 0) is 9.59 Å². The van der Waals surface area contributed by atoms with Crippen LogP contribution in [0, 0.1) is 0 Å². The van der Waals surface area contributed by atoms with E-state index in [2.05, 4.69) is 15.5 Å². The Morgan fingerprint density at radius 2 is 1.65 bits per heavy atom. The molecule has 0 aromatic heterocycles. The Morgan fingerprint density at radius 1 is 1.00 bits per heavy atom. The van der Waals surface area contributed by atoms with Gasteiger partial charge >= 0.3 is 6.03 Å². The van der Waals surface area contributed by atoms with Gasteiger partial charge in [0.05, 0.1) is 0 Å². The van der Waals surface area contributed by atoms with E-state index in [1.807, 2.05) is 0 Å². The van der Waals surface area contributed by atoms with E-state index < -0.39 is 11.6 Å². The minimum Gasteiger partial charge on any atom is -0.354 e. The maximum atomic E-state index is 12.7. The van der Waals surface area contributed by atoms with E-state index in [9.17, 15) is 14.4 Å². The standard InChI is InChI=1S/C19H32N4O3/c24-16(20-11-8-14-22-12-6-1-2-7-13-22)15-23-17(25)19(21-18(23)26)9-4-3-5-10-19/h1-15H2,(H,20,24)(H,21,26). The van der Waals surface area contributed by atoms with Crippen LogP contribution < -0.4 is 10.6 Å². The summed E-state index contributed by atoms with van der Waals surface area (Å²) in [7, 11) is 0. The normalized spacial score (nSPS) is 23.8. The SMILES string of the molecule is O=C(CN1C(=O)NC2(CCCCC2)C1=O)NCCCN1CCCCCC1. The van der Waals surface area contributed by atoms with Crippen LogP contribution in [0.4, 0.5) is 4.79 Å². The second kappa shape index (κ2) is 8.84. The van der Waals surface area contributed by atoms with Crippen LogP contribution >= 0.6 is 0 Å². The molecular weight excluding hydrogens is 332 g/mol. The molecule has 3 fully saturated rings. The van der Waals surface area contributed by atoms with Crippen LogP contribution in [0.5, 0.6) is 0 Å². The van der Waals surface area contributed by atoms with Gasteiger partial charge in [0.1, 0.15) is 12.1 Å². The lowest BCUT2D eigenvalue weighted by Gasteiger charge is -2.30. The van der Waals surface area contributed by atoms with Gasteiger partial charge in [-0.25, -0.2) is 4.79 Å². The van der Waals surface area contributed by atoms with Gasteiger partial charge in [-0.05, 0) is 51.7 Å². The predicted molar refractivity (Wildman–Crippen MR) is 98.6 cm³/mol. The van der Waals surface area contributed by atoms with Gasteiger partial charge in [-0.2, -0.15) is 0 Å². The van der Waals surface area contributed by atoms with Gasteiger partial charge in [0, 0.05) is 6.54 Å². The summed E-state index contributed by atoms with van der Waals surface area (Å²) in [5, 5.41) is 5.70. The molecule has 1 saturated carbocycles. The molecule has 3 aliphatic rings. The Labute approximate surface area is 155 Å². The number of nitrogens with zero attached hydrogens (tertiary/aromatic N) is 2. The molecule has 3 rings (SSSR count). The number of rotatable bonds is 6. The molecule has 146 valence electrons. The van der Waals surface area contributed by atoms with Crippen molar-refractivity contribution in [2.24, 2.45) is 0 Å². The zero-order valence-corrected chi connectivity index (χ0v) is 15.7. The van der Waals surface area contributed by atoms with E-state index in [0.717, 1.165) is 50.2 Å². The van der Waals surface area contributed by atoms with Crippen molar-refractivity contribution in [2.45, 2.75) is 69.7 Å². The molecule has 1 spiro atoms. The van der Waals surface area contributed by atoms with Crippen molar-refractivity contribution in [1.29, 1.82) is 0 Å². The van der Waals surface area contributed by atoms with Crippen molar-refractivity contribution in [3.8, 4) is 0 Å². The van der Waals surface area contributed by atoms with Gasteiger partial charge in [-0.1, -0.05) is 32.1 Å². The molecule has 7 nitrogen and oxygen atoms in total. The van der Waals surface area contributed by atoms with Gasteiger partial charge in [0.25, 0.3) is 5.91 Å². The molecular formula is C19H32N4O3. The third-order valence-corrected chi connectivity index (χ3v) is 5.93. The number of nitrogens with one attached hydrogen (secondary N) is 2. The molecule has 7 heteroatoms. The van der Waals surface area contributed by atoms with E-state index in [-0.39, 0.29) is 18.4 Å². The van der Waals surface area contributed by atoms with Crippen LogP contribution in [0.2, 0.25) is 0 Å². The van der Waals surface area contributed by atoms with Gasteiger partial charge in [0.15, 0.2) is 0 Å². The summed E-state index contributed by atoms with van der Waals surface area (Å²) in [6.07, 6.45) is 10.4. The summed E-state index contributed by atoms with van der Waals surface area (Å²) in [6, 6.07) is -0.420. The third kappa shape index (κ3) is 4.55. The number of hydrogen-bond donors (Lipinski definition) is 2. The predicted octanol–water partition coefficient (Wildman–Crippen LogP) is 1.62. The van der Waals surface area contributed by atoms with Gasteiger partial charge < -0.3 is 15.5 Å². The maximum absolute atomic E-state index is 12.7. The lowest BCUT2D eigenvalue weighted by Crippen LogP contribution is -2.49. The molecule has 0 unspecified atom stereocenters. The summed E-state index contributed by atoms with van der Waals surface area (Å²) >= 11 is 0. The van der Waals surface area contributed by atoms with E-state index in [1.165, 1.54) is 25.7 Å². The Morgan fingerprint density at radius 3 is 2.35 bits per heavy atom. The number of urea groups is 1. The van der Waals surface area contributed by atoms with Crippen molar-refractivity contribution in [3.63, 3.8) is 0 Å². The molecule has 0 radical (unpaired) electrons. The Kier molecular flexibility index (Phi) is 6.51. The zero-order valence-electron chi connectivity index (χ0n) is 15.7. The first-order valence-corrected chi connectivity index (χ1v) is 10.2. The fourth-order valence-corrected chi connectivity index (χ4v) is 4.40. The number of hydrogen-bond acceptors (Lipinski definition) is 4. The van der Waals surface area contributed by atoms with Crippen molar-refractivity contribution >= 4 is 17.8 Å². The first kappa shape index (κ1) is 19.1. The molecule has 2 saturated heterocycles. The second-order valence-corrected chi connectivity index (χ2v) is 7.92. The molecule has 2 N–H and O–H groups in total. The van der Waals surface area contributed by atoms with Crippen molar-refractivity contribution < 1.29 is 14.4 Å². The highest BCUT2D eigenvalue weighted by atomic mass is 16.2. The molecule has 0 aromatic carbocycles. The maximum Gasteiger partial charge on any atom is 0.325 e. The highest BCUT2D eigenvalue weighted by Crippen LogP contribution is 2.33. The monoisotopic (exact) mass is 364 g/mol. The average molecular weight is 364 g/mol. The molecule has 0 aromatic rings. The Bertz CT molecular complexity index is 523. The van der Waals surface area contributed by atoms with Crippen LogP contribution in [0.1, 0.15) is 64.2 Å². The van der Waals surface area contributed by atoms with E-state index in [4.69, 9.17) is 0 Å². The first-order chi connectivity index (χ1) is 12.6. The van der Waals surface area contributed by atoms with Crippen molar-refractivity contribution in [3.05, 3.63) is 0 Å². The Hall–Kier alpha value is -1.63. The smallest absolute Gasteiger partial charge is 0.325 e. The van der Waals surface area contributed by atoms with Crippen LogP contribution in [0.25, 0.3) is 0 Å². The lowest BCUT2D eigenvalue weighted by atomic mass is 9.82.